The Bertz CT molecular complexity index is 587. The highest BCUT2D eigenvalue weighted by atomic mass is 79.9. The number of hydrogen-bond acceptors (Lipinski definition) is 6. The van der Waals surface area contributed by atoms with Crippen molar-refractivity contribution >= 4 is 32.9 Å². The first-order valence-electron chi connectivity index (χ1n) is 5.61. The summed E-state index contributed by atoms with van der Waals surface area (Å²) in [6.07, 6.45) is 2.71. The number of imidazole rings is 1. The maximum absolute atomic E-state index is 9.10. The second-order valence-corrected chi connectivity index (χ2v) is 4.86. The smallest absolute Gasteiger partial charge is 0.181 e. The van der Waals surface area contributed by atoms with E-state index in [0.29, 0.717) is 21.7 Å². The molecule has 0 saturated carbocycles. The van der Waals surface area contributed by atoms with E-state index in [4.69, 9.17) is 15.6 Å². The molecule has 2 aromatic rings. The summed E-state index contributed by atoms with van der Waals surface area (Å²) in [7, 11) is 0. The number of aromatic nitrogens is 4. The molecule has 2 aromatic heterocycles. The highest BCUT2D eigenvalue weighted by Gasteiger charge is 2.29. The van der Waals surface area contributed by atoms with Gasteiger partial charge in [-0.3, -0.25) is 4.57 Å². The maximum Gasteiger partial charge on any atom is 0.181 e. The van der Waals surface area contributed by atoms with E-state index in [-0.39, 0.29) is 18.9 Å². The molecule has 0 aromatic carbocycles. The molecular weight excluding hydrogens is 302 g/mol. The van der Waals surface area contributed by atoms with Gasteiger partial charge in [-0.15, -0.1) is 0 Å². The fourth-order valence-electron chi connectivity index (χ4n) is 2.17. The average Bonchev–Trinajstić information content (AvgIpc) is 2.93. The van der Waals surface area contributed by atoms with E-state index in [2.05, 4.69) is 30.9 Å². The van der Waals surface area contributed by atoms with Gasteiger partial charge in [-0.25, -0.2) is 15.0 Å². The summed E-state index contributed by atoms with van der Waals surface area (Å²) in [6.45, 7) is 0.0257. The number of rotatable bonds is 2. The number of ether oxygens (including phenoxy) is 1. The minimum Gasteiger partial charge on any atom is -0.394 e. The van der Waals surface area contributed by atoms with Gasteiger partial charge in [-0.2, -0.15) is 0 Å². The van der Waals surface area contributed by atoms with Crippen molar-refractivity contribution in [3.8, 4) is 0 Å². The molecule has 0 spiro atoms. The predicted molar refractivity (Wildman–Crippen MR) is 67.7 cm³/mol. The van der Waals surface area contributed by atoms with E-state index >= 15 is 0 Å². The molecule has 18 heavy (non-hydrogen) atoms. The monoisotopic (exact) mass is 313 g/mol. The second kappa shape index (κ2) is 4.45. The van der Waals surface area contributed by atoms with Crippen molar-refractivity contribution < 1.29 is 9.84 Å². The number of fused-ring (bicyclic) bond motifs is 1. The van der Waals surface area contributed by atoms with E-state index in [1.165, 1.54) is 6.33 Å². The molecule has 3 heterocycles. The lowest BCUT2D eigenvalue weighted by atomic mass is 10.2. The van der Waals surface area contributed by atoms with Crippen molar-refractivity contribution in [1.29, 1.82) is 0 Å². The zero-order chi connectivity index (χ0) is 12.7. The van der Waals surface area contributed by atoms with Crippen LogP contribution in [0, 0.1) is 0 Å². The van der Waals surface area contributed by atoms with Crippen LogP contribution in [0.3, 0.4) is 0 Å². The van der Waals surface area contributed by atoms with Gasteiger partial charge >= 0.3 is 0 Å². The molecular formula is C10H12BrN5O2. The summed E-state index contributed by atoms with van der Waals surface area (Å²) in [5.41, 5.74) is 6.95. The Morgan fingerprint density at radius 3 is 3.06 bits per heavy atom. The van der Waals surface area contributed by atoms with E-state index in [1.54, 1.807) is 0 Å². The standard InChI is InChI=1S/C10H12BrN5O2/c11-10-15-7-8(12)13-4-14-9(7)16(10)6-2-1-5(3-17)18-6/h4-6,17H,1-3H2,(H2,12,13,14)/t5-,6-/m1/s1. The molecule has 1 aliphatic heterocycles. The van der Waals surface area contributed by atoms with Crippen LogP contribution in [0.2, 0.25) is 0 Å². The van der Waals surface area contributed by atoms with Gasteiger partial charge in [0.15, 0.2) is 21.7 Å². The molecule has 1 saturated heterocycles. The molecule has 0 radical (unpaired) electrons. The molecule has 0 aliphatic carbocycles. The van der Waals surface area contributed by atoms with Crippen molar-refractivity contribution in [2.45, 2.75) is 25.2 Å². The van der Waals surface area contributed by atoms with Gasteiger partial charge in [0.05, 0.1) is 12.7 Å². The summed E-state index contributed by atoms with van der Waals surface area (Å²) >= 11 is 3.38. The number of aliphatic hydroxyl groups excluding tert-OH is 1. The third kappa shape index (κ3) is 1.76. The molecule has 0 unspecified atom stereocenters. The molecule has 7 nitrogen and oxygen atoms in total. The normalized spacial score (nSPS) is 23.9. The third-order valence-corrected chi connectivity index (χ3v) is 3.60. The molecule has 3 N–H and O–H groups in total. The molecule has 1 aliphatic rings. The maximum atomic E-state index is 9.10. The Morgan fingerprint density at radius 2 is 2.33 bits per heavy atom. The Morgan fingerprint density at radius 1 is 1.50 bits per heavy atom. The lowest BCUT2D eigenvalue weighted by Gasteiger charge is -2.14. The van der Waals surface area contributed by atoms with Crippen LogP contribution in [0.4, 0.5) is 5.82 Å². The predicted octanol–water partition coefficient (Wildman–Crippen LogP) is 0.841. The molecule has 0 bridgehead atoms. The summed E-state index contributed by atoms with van der Waals surface area (Å²) < 4.78 is 8.17. The molecule has 2 atom stereocenters. The summed E-state index contributed by atoms with van der Waals surface area (Å²) in [5.74, 6) is 0.344. The van der Waals surface area contributed by atoms with Crippen molar-refractivity contribution in [3.05, 3.63) is 11.1 Å². The van der Waals surface area contributed by atoms with Gasteiger partial charge in [0, 0.05) is 0 Å². The van der Waals surface area contributed by atoms with E-state index in [9.17, 15) is 0 Å². The van der Waals surface area contributed by atoms with E-state index in [1.807, 2.05) is 4.57 Å². The summed E-state index contributed by atoms with van der Waals surface area (Å²) in [4.78, 5) is 12.4. The molecule has 3 rings (SSSR count). The fraction of sp³-hybridized carbons (Fsp3) is 0.500. The van der Waals surface area contributed by atoms with Crippen LogP contribution in [-0.4, -0.2) is 37.3 Å². The van der Waals surface area contributed by atoms with Crippen molar-refractivity contribution in [2.24, 2.45) is 0 Å². The number of hydrogen-bond donors (Lipinski definition) is 2. The van der Waals surface area contributed by atoms with Gasteiger partial charge in [0.25, 0.3) is 0 Å². The molecule has 96 valence electrons. The number of halogens is 1. The quantitative estimate of drug-likeness (QED) is 0.797. The van der Waals surface area contributed by atoms with Crippen LogP contribution in [-0.2, 0) is 4.74 Å². The molecule has 1 fully saturated rings. The first kappa shape index (κ1) is 11.8. The van der Waals surface area contributed by atoms with Gasteiger partial charge in [0.2, 0.25) is 0 Å². The van der Waals surface area contributed by atoms with Crippen LogP contribution < -0.4 is 5.73 Å². The van der Waals surface area contributed by atoms with Gasteiger partial charge < -0.3 is 15.6 Å². The number of anilines is 1. The SMILES string of the molecule is Nc1ncnc2c1nc(Br)n2[C@H]1CC[C@H](CO)O1. The van der Waals surface area contributed by atoms with Gasteiger partial charge in [0.1, 0.15) is 12.6 Å². The fourth-order valence-corrected chi connectivity index (χ4v) is 2.74. The highest BCUT2D eigenvalue weighted by Crippen LogP contribution is 2.34. The highest BCUT2D eigenvalue weighted by molar-refractivity contribution is 9.10. The molecule has 8 heteroatoms. The minimum atomic E-state index is -0.184. The van der Waals surface area contributed by atoms with Gasteiger partial charge in [-0.05, 0) is 28.8 Å². The topological polar surface area (TPSA) is 99.1 Å². The first-order chi connectivity index (χ1) is 8.70. The Kier molecular flexibility index (Phi) is 2.92. The lowest BCUT2D eigenvalue weighted by molar-refractivity contribution is -0.0217. The van der Waals surface area contributed by atoms with Crippen LogP contribution >= 0.6 is 15.9 Å². The van der Waals surface area contributed by atoms with Gasteiger partial charge in [-0.1, -0.05) is 0 Å². The zero-order valence-corrected chi connectivity index (χ0v) is 11.0. The average molecular weight is 314 g/mol. The Labute approximate surface area is 111 Å². The van der Waals surface area contributed by atoms with Crippen LogP contribution in [0.15, 0.2) is 11.1 Å². The minimum absolute atomic E-state index is 0.0257. The number of nitrogen functional groups attached to an aromatic ring is 1. The van der Waals surface area contributed by atoms with E-state index in [0.717, 1.165) is 12.8 Å². The first-order valence-corrected chi connectivity index (χ1v) is 6.40. The zero-order valence-electron chi connectivity index (χ0n) is 9.45. The third-order valence-electron chi connectivity index (χ3n) is 3.04. The van der Waals surface area contributed by atoms with E-state index < -0.39 is 0 Å². The number of nitrogens with two attached hydrogens (primary N) is 1. The second-order valence-electron chi connectivity index (χ2n) is 4.15. The van der Waals surface area contributed by atoms with Crippen LogP contribution in [0.25, 0.3) is 11.2 Å². The molecule has 0 amide bonds. The Hall–Kier alpha value is -1.25. The van der Waals surface area contributed by atoms with Crippen LogP contribution in [0.5, 0.6) is 0 Å². The Balaban J connectivity index is 2.07. The largest absolute Gasteiger partial charge is 0.394 e. The van der Waals surface area contributed by atoms with Crippen molar-refractivity contribution in [3.63, 3.8) is 0 Å². The summed E-state index contributed by atoms with van der Waals surface area (Å²) in [5, 5.41) is 9.10. The lowest BCUT2D eigenvalue weighted by Crippen LogP contribution is -2.14. The van der Waals surface area contributed by atoms with Crippen LogP contribution in [0.1, 0.15) is 19.1 Å². The number of nitrogens with zero attached hydrogens (tertiary/aromatic N) is 4. The van der Waals surface area contributed by atoms with Crippen molar-refractivity contribution in [1.82, 2.24) is 19.5 Å². The number of aliphatic hydroxyl groups is 1. The summed E-state index contributed by atoms with van der Waals surface area (Å²) in [6, 6.07) is 0. The van der Waals surface area contributed by atoms with Crippen molar-refractivity contribution in [2.75, 3.05) is 12.3 Å².